The summed E-state index contributed by atoms with van der Waals surface area (Å²) in [5.41, 5.74) is 1.84. The second kappa shape index (κ2) is 3.92. The van der Waals surface area contributed by atoms with Crippen LogP contribution in [0.2, 0.25) is 0 Å². The van der Waals surface area contributed by atoms with Crippen molar-refractivity contribution in [3.05, 3.63) is 33.3 Å². The van der Waals surface area contributed by atoms with Gasteiger partial charge in [0.25, 0.3) is 5.78 Å². The summed E-state index contributed by atoms with van der Waals surface area (Å²) < 4.78 is 0.521. The SMILES string of the molecule is Cc1ccc(Br)c(C(=O)C(=O)O)c1C. The van der Waals surface area contributed by atoms with E-state index in [4.69, 9.17) is 5.11 Å². The van der Waals surface area contributed by atoms with Crippen molar-refractivity contribution in [2.24, 2.45) is 0 Å². The van der Waals surface area contributed by atoms with Crippen molar-refractivity contribution in [3.63, 3.8) is 0 Å². The zero-order valence-electron chi connectivity index (χ0n) is 7.80. The molecule has 0 saturated heterocycles. The molecular formula is C10H9BrO3. The van der Waals surface area contributed by atoms with Crippen LogP contribution in [-0.2, 0) is 4.79 Å². The van der Waals surface area contributed by atoms with E-state index in [0.29, 0.717) is 10.0 Å². The van der Waals surface area contributed by atoms with Gasteiger partial charge in [-0.2, -0.15) is 0 Å². The van der Waals surface area contributed by atoms with Crippen LogP contribution < -0.4 is 0 Å². The van der Waals surface area contributed by atoms with Crippen LogP contribution >= 0.6 is 15.9 Å². The summed E-state index contributed by atoms with van der Waals surface area (Å²) in [6, 6.07) is 3.51. The standard InChI is InChI=1S/C10H9BrO3/c1-5-3-4-7(11)8(6(5)2)9(12)10(13)14/h3-4H,1-2H3,(H,13,14). The molecule has 1 aromatic rings. The third-order valence-electron chi connectivity index (χ3n) is 2.11. The Bertz CT molecular complexity index is 410. The molecule has 0 aliphatic rings. The molecule has 0 heterocycles. The highest BCUT2D eigenvalue weighted by Crippen LogP contribution is 2.23. The van der Waals surface area contributed by atoms with E-state index in [2.05, 4.69) is 15.9 Å². The molecule has 0 amide bonds. The van der Waals surface area contributed by atoms with Gasteiger partial charge in [0.2, 0.25) is 0 Å². The predicted molar refractivity (Wildman–Crippen MR) is 55.6 cm³/mol. The molecule has 1 aromatic carbocycles. The lowest BCUT2D eigenvalue weighted by Gasteiger charge is -2.07. The minimum atomic E-state index is -1.43. The minimum absolute atomic E-state index is 0.234. The van der Waals surface area contributed by atoms with Crippen LogP contribution in [0, 0.1) is 13.8 Å². The maximum absolute atomic E-state index is 11.3. The predicted octanol–water partition coefficient (Wildman–Crippen LogP) is 2.33. The van der Waals surface area contributed by atoms with Crippen molar-refractivity contribution in [2.75, 3.05) is 0 Å². The first-order valence-corrected chi connectivity index (χ1v) is 4.77. The highest BCUT2D eigenvalue weighted by atomic mass is 79.9. The monoisotopic (exact) mass is 256 g/mol. The van der Waals surface area contributed by atoms with E-state index in [1.54, 1.807) is 13.0 Å². The quantitative estimate of drug-likeness (QED) is 0.653. The number of halogens is 1. The summed E-state index contributed by atoms with van der Waals surface area (Å²) in [5.74, 6) is -2.31. The van der Waals surface area contributed by atoms with Gasteiger partial charge in [0.1, 0.15) is 0 Å². The Morgan fingerprint density at radius 3 is 2.36 bits per heavy atom. The molecule has 0 aromatic heterocycles. The molecule has 74 valence electrons. The molecule has 14 heavy (non-hydrogen) atoms. The van der Waals surface area contributed by atoms with Crippen molar-refractivity contribution in [2.45, 2.75) is 13.8 Å². The fourth-order valence-corrected chi connectivity index (χ4v) is 1.78. The molecule has 1 N–H and O–H groups in total. The van der Waals surface area contributed by atoms with Gasteiger partial charge in [-0.3, -0.25) is 4.79 Å². The lowest BCUT2D eigenvalue weighted by atomic mass is 10.0. The van der Waals surface area contributed by atoms with Gasteiger partial charge in [-0.05, 0) is 31.0 Å². The number of aryl methyl sites for hydroxylation is 1. The van der Waals surface area contributed by atoms with E-state index in [9.17, 15) is 9.59 Å². The summed E-state index contributed by atoms with van der Waals surface area (Å²) >= 11 is 3.17. The lowest BCUT2D eigenvalue weighted by molar-refractivity contribution is -0.131. The Labute approximate surface area is 89.9 Å². The average molecular weight is 257 g/mol. The molecule has 0 aliphatic carbocycles. The number of carbonyl (C=O) groups is 2. The van der Waals surface area contributed by atoms with E-state index >= 15 is 0 Å². The molecule has 0 bridgehead atoms. The molecule has 4 heteroatoms. The maximum Gasteiger partial charge on any atom is 0.377 e. The molecule has 0 aliphatic heterocycles. The van der Waals surface area contributed by atoms with Gasteiger partial charge in [0, 0.05) is 10.0 Å². The van der Waals surface area contributed by atoms with Crippen LogP contribution in [-0.4, -0.2) is 16.9 Å². The third kappa shape index (κ3) is 1.85. The Balaban J connectivity index is 3.40. The largest absolute Gasteiger partial charge is 0.475 e. The minimum Gasteiger partial charge on any atom is -0.475 e. The van der Waals surface area contributed by atoms with Crippen LogP contribution in [0.25, 0.3) is 0 Å². The van der Waals surface area contributed by atoms with Crippen LogP contribution in [0.1, 0.15) is 21.5 Å². The highest BCUT2D eigenvalue weighted by Gasteiger charge is 2.20. The number of rotatable bonds is 2. The number of benzene rings is 1. The molecule has 1 rings (SSSR count). The van der Waals surface area contributed by atoms with E-state index in [1.165, 1.54) is 0 Å². The molecular weight excluding hydrogens is 248 g/mol. The van der Waals surface area contributed by atoms with Crippen LogP contribution in [0.4, 0.5) is 0 Å². The zero-order valence-corrected chi connectivity index (χ0v) is 9.38. The Kier molecular flexibility index (Phi) is 3.06. The van der Waals surface area contributed by atoms with E-state index in [-0.39, 0.29) is 5.56 Å². The number of carboxylic acid groups (broad SMARTS) is 1. The smallest absolute Gasteiger partial charge is 0.377 e. The number of carbonyl (C=O) groups excluding carboxylic acids is 1. The Morgan fingerprint density at radius 1 is 1.29 bits per heavy atom. The number of Topliss-reactive ketones (excluding diaryl/α,β-unsaturated/α-hetero) is 1. The van der Waals surface area contributed by atoms with Gasteiger partial charge in [-0.15, -0.1) is 0 Å². The third-order valence-corrected chi connectivity index (χ3v) is 2.77. The number of aliphatic carboxylic acids is 1. The van der Waals surface area contributed by atoms with Gasteiger partial charge in [0.15, 0.2) is 0 Å². The van der Waals surface area contributed by atoms with Gasteiger partial charge in [0.05, 0.1) is 0 Å². The van der Waals surface area contributed by atoms with Crippen molar-refractivity contribution in [1.82, 2.24) is 0 Å². The first-order valence-electron chi connectivity index (χ1n) is 3.98. The van der Waals surface area contributed by atoms with Gasteiger partial charge in [-0.1, -0.05) is 22.0 Å². The summed E-state index contributed by atoms with van der Waals surface area (Å²) in [6.45, 7) is 3.57. The van der Waals surface area contributed by atoms with Gasteiger partial charge >= 0.3 is 5.97 Å². The number of carboxylic acids is 1. The van der Waals surface area contributed by atoms with Crippen molar-refractivity contribution >= 4 is 27.7 Å². The molecule has 3 nitrogen and oxygen atoms in total. The van der Waals surface area contributed by atoms with Crippen molar-refractivity contribution < 1.29 is 14.7 Å². The molecule has 0 saturated carbocycles. The first kappa shape index (κ1) is 10.9. The second-order valence-electron chi connectivity index (χ2n) is 3.00. The van der Waals surface area contributed by atoms with Crippen LogP contribution in [0.5, 0.6) is 0 Å². The maximum atomic E-state index is 11.3. The van der Waals surface area contributed by atoms with Crippen molar-refractivity contribution in [1.29, 1.82) is 0 Å². The number of ketones is 1. The summed E-state index contributed by atoms with van der Waals surface area (Å²) in [5, 5.41) is 8.60. The summed E-state index contributed by atoms with van der Waals surface area (Å²) in [7, 11) is 0. The summed E-state index contributed by atoms with van der Waals surface area (Å²) in [6.07, 6.45) is 0. The molecule has 0 unspecified atom stereocenters. The average Bonchev–Trinajstić information content (AvgIpc) is 2.12. The fraction of sp³-hybridized carbons (Fsp3) is 0.200. The number of hydrogen-bond acceptors (Lipinski definition) is 2. The first-order chi connectivity index (χ1) is 6.45. The molecule has 0 atom stereocenters. The van der Waals surface area contributed by atoms with Gasteiger partial charge in [-0.25, -0.2) is 4.79 Å². The second-order valence-corrected chi connectivity index (χ2v) is 3.85. The topological polar surface area (TPSA) is 54.4 Å². The summed E-state index contributed by atoms with van der Waals surface area (Å²) in [4.78, 5) is 21.9. The van der Waals surface area contributed by atoms with Crippen LogP contribution in [0.3, 0.4) is 0 Å². The van der Waals surface area contributed by atoms with Crippen molar-refractivity contribution in [3.8, 4) is 0 Å². The lowest BCUT2D eigenvalue weighted by Crippen LogP contribution is -2.15. The van der Waals surface area contributed by atoms with Gasteiger partial charge < -0.3 is 5.11 Å². The normalized spacial score (nSPS) is 9.93. The van der Waals surface area contributed by atoms with E-state index < -0.39 is 11.8 Å². The Hall–Kier alpha value is -1.16. The molecule has 0 spiro atoms. The molecule has 0 fully saturated rings. The van der Waals surface area contributed by atoms with E-state index in [1.807, 2.05) is 13.0 Å². The molecule has 0 radical (unpaired) electrons. The Morgan fingerprint density at radius 2 is 1.86 bits per heavy atom. The fourth-order valence-electron chi connectivity index (χ4n) is 1.17. The highest BCUT2D eigenvalue weighted by molar-refractivity contribution is 9.10. The van der Waals surface area contributed by atoms with E-state index in [0.717, 1.165) is 5.56 Å². The number of hydrogen-bond donors (Lipinski definition) is 1. The van der Waals surface area contributed by atoms with Crippen LogP contribution in [0.15, 0.2) is 16.6 Å². The zero-order chi connectivity index (χ0) is 10.9.